The zero-order chi connectivity index (χ0) is 6.27. The van der Waals surface area contributed by atoms with Gasteiger partial charge in [0.1, 0.15) is 0 Å². The van der Waals surface area contributed by atoms with Crippen LogP contribution in [0.2, 0.25) is 0 Å². The van der Waals surface area contributed by atoms with Gasteiger partial charge in [-0.05, 0) is 37.6 Å². The predicted octanol–water partition coefficient (Wildman–Crippen LogP) is 1.21. The van der Waals surface area contributed by atoms with Gasteiger partial charge in [0.25, 0.3) is 0 Å². The van der Waals surface area contributed by atoms with Gasteiger partial charge in [-0.3, -0.25) is 0 Å². The Morgan fingerprint density at radius 1 is 1.56 bits per heavy atom. The van der Waals surface area contributed by atoms with Gasteiger partial charge < -0.3 is 5.32 Å². The van der Waals surface area contributed by atoms with Crippen molar-refractivity contribution in [2.75, 3.05) is 6.54 Å². The fraction of sp³-hybridized carbons (Fsp3) is 0.875. The van der Waals surface area contributed by atoms with Crippen LogP contribution in [-0.2, 0) is 0 Å². The van der Waals surface area contributed by atoms with Gasteiger partial charge in [-0.25, -0.2) is 0 Å². The van der Waals surface area contributed by atoms with Crippen LogP contribution >= 0.6 is 0 Å². The van der Waals surface area contributed by atoms with Crippen molar-refractivity contribution in [3.63, 3.8) is 0 Å². The van der Waals surface area contributed by atoms with E-state index in [0.717, 1.165) is 17.9 Å². The van der Waals surface area contributed by atoms with Crippen LogP contribution in [0.3, 0.4) is 0 Å². The fourth-order valence-corrected chi connectivity index (χ4v) is 2.19. The first-order valence-corrected chi connectivity index (χ1v) is 3.94. The molecule has 51 valence electrons. The number of fused-ring (bicyclic) bond motifs is 1. The molecule has 0 aromatic heterocycles. The van der Waals surface area contributed by atoms with E-state index in [9.17, 15) is 0 Å². The summed E-state index contributed by atoms with van der Waals surface area (Å²) in [5.74, 6) is 1.93. The van der Waals surface area contributed by atoms with Gasteiger partial charge in [0.05, 0.1) is 0 Å². The highest BCUT2D eigenvalue weighted by Crippen LogP contribution is 2.40. The Morgan fingerprint density at radius 2 is 2.44 bits per heavy atom. The lowest BCUT2D eigenvalue weighted by molar-refractivity contribution is 0.186. The van der Waals surface area contributed by atoms with Crippen molar-refractivity contribution in [1.29, 1.82) is 0 Å². The van der Waals surface area contributed by atoms with E-state index in [1.807, 2.05) is 0 Å². The van der Waals surface area contributed by atoms with E-state index in [-0.39, 0.29) is 0 Å². The summed E-state index contributed by atoms with van der Waals surface area (Å²) in [6, 6.07) is 0.870. The second-order valence-corrected chi connectivity index (χ2v) is 3.26. The maximum absolute atomic E-state index is 3.53. The smallest absolute Gasteiger partial charge is 0.0127 e. The molecule has 0 amide bonds. The maximum Gasteiger partial charge on any atom is 0.0127 e. The third-order valence-electron chi connectivity index (χ3n) is 2.87. The minimum absolute atomic E-state index is 0.870. The summed E-state index contributed by atoms with van der Waals surface area (Å²) in [4.78, 5) is 0. The molecule has 1 saturated heterocycles. The Balaban J connectivity index is 1.93. The van der Waals surface area contributed by atoms with Crippen LogP contribution < -0.4 is 5.32 Å². The Labute approximate surface area is 56.8 Å². The van der Waals surface area contributed by atoms with Gasteiger partial charge in [0.2, 0.25) is 0 Å². The normalized spacial score (nSPS) is 48.3. The molecule has 0 spiro atoms. The van der Waals surface area contributed by atoms with E-state index in [1.54, 1.807) is 0 Å². The third-order valence-corrected chi connectivity index (χ3v) is 2.87. The summed E-state index contributed by atoms with van der Waals surface area (Å²) in [5, 5.41) is 3.53. The molecule has 0 aromatic rings. The summed E-state index contributed by atoms with van der Waals surface area (Å²) in [6.07, 6.45) is 5.22. The molecule has 2 fully saturated rings. The Morgan fingerprint density at radius 3 is 3.11 bits per heavy atom. The maximum atomic E-state index is 3.53. The minimum atomic E-state index is 0.870. The predicted molar refractivity (Wildman–Crippen MR) is 38.0 cm³/mol. The summed E-state index contributed by atoms with van der Waals surface area (Å²) >= 11 is 0. The highest BCUT2D eigenvalue weighted by atomic mass is 15.0. The first-order chi connectivity index (χ1) is 4.42. The van der Waals surface area contributed by atoms with Crippen LogP contribution in [0.5, 0.6) is 0 Å². The molecule has 2 aliphatic rings. The molecule has 1 heteroatoms. The van der Waals surface area contributed by atoms with Crippen LogP contribution in [0.15, 0.2) is 0 Å². The van der Waals surface area contributed by atoms with E-state index in [1.165, 1.54) is 19.4 Å². The minimum Gasteiger partial charge on any atom is -0.313 e. The second kappa shape index (κ2) is 1.98. The average molecular weight is 124 g/mol. The monoisotopic (exact) mass is 124 g/mol. The zero-order valence-electron chi connectivity index (χ0n) is 5.93. The zero-order valence-corrected chi connectivity index (χ0v) is 5.93. The van der Waals surface area contributed by atoms with Gasteiger partial charge in [-0.15, -0.1) is 0 Å². The molecule has 9 heavy (non-hydrogen) atoms. The standard InChI is InChI=1S/C8H14N/c1-2-6-5-7-3-4-9-8(6)7/h2,6-9H,3-5H2,1H3. The van der Waals surface area contributed by atoms with Crippen LogP contribution in [-0.4, -0.2) is 12.6 Å². The van der Waals surface area contributed by atoms with Crippen LogP contribution in [0.1, 0.15) is 19.8 Å². The molecular weight excluding hydrogens is 110 g/mol. The molecule has 1 saturated carbocycles. The summed E-state index contributed by atoms with van der Waals surface area (Å²) < 4.78 is 0. The number of nitrogens with one attached hydrogen (secondary N) is 1. The molecule has 1 aliphatic carbocycles. The molecule has 3 atom stereocenters. The molecule has 1 radical (unpaired) electrons. The Hall–Kier alpha value is -0.0400. The highest BCUT2D eigenvalue weighted by Gasteiger charge is 2.42. The quantitative estimate of drug-likeness (QED) is 0.554. The molecule has 3 unspecified atom stereocenters. The van der Waals surface area contributed by atoms with Crippen molar-refractivity contribution in [3.05, 3.63) is 6.42 Å². The second-order valence-electron chi connectivity index (χ2n) is 3.26. The lowest BCUT2D eigenvalue weighted by Gasteiger charge is -2.39. The third kappa shape index (κ3) is 0.710. The van der Waals surface area contributed by atoms with Gasteiger partial charge >= 0.3 is 0 Å². The van der Waals surface area contributed by atoms with Crippen molar-refractivity contribution in [2.24, 2.45) is 11.8 Å². The van der Waals surface area contributed by atoms with Crippen molar-refractivity contribution in [3.8, 4) is 0 Å². The van der Waals surface area contributed by atoms with E-state index >= 15 is 0 Å². The average Bonchev–Trinajstić information content (AvgIpc) is 2.14. The summed E-state index contributed by atoms with van der Waals surface area (Å²) in [5.41, 5.74) is 0. The lowest BCUT2D eigenvalue weighted by Crippen LogP contribution is -2.45. The number of rotatable bonds is 1. The Bertz CT molecular complexity index is 111. The van der Waals surface area contributed by atoms with E-state index < -0.39 is 0 Å². The van der Waals surface area contributed by atoms with Crippen LogP contribution in [0, 0.1) is 18.3 Å². The molecule has 1 heterocycles. The van der Waals surface area contributed by atoms with Gasteiger partial charge in [-0.1, -0.05) is 6.92 Å². The SMILES string of the molecule is C[CH]C1CC2CCNC12. The van der Waals surface area contributed by atoms with Crippen molar-refractivity contribution in [1.82, 2.24) is 5.32 Å². The Kier molecular flexibility index (Phi) is 1.26. The first-order valence-electron chi connectivity index (χ1n) is 3.94. The summed E-state index contributed by atoms with van der Waals surface area (Å²) in [6.45, 7) is 3.44. The number of hydrogen-bond acceptors (Lipinski definition) is 1. The molecule has 1 aliphatic heterocycles. The molecule has 1 N–H and O–H groups in total. The topological polar surface area (TPSA) is 12.0 Å². The van der Waals surface area contributed by atoms with Crippen molar-refractivity contribution >= 4 is 0 Å². The first kappa shape index (κ1) is 5.72. The molecule has 0 bridgehead atoms. The fourth-order valence-electron chi connectivity index (χ4n) is 2.19. The highest BCUT2D eigenvalue weighted by molar-refractivity contribution is 5.02. The van der Waals surface area contributed by atoms with Gasteiger partial charge in [0.15, 0.2) is 0 Å². The van der Waals surface area contributed by atoms with Crippen molar-refractivity contribution < 1.29 is 0 Å². The van der Waals surface area contributed by atoms with Crippen molar-refractivity contribution in [2.45, 2.75) is 25.8 Å². The molecule has 2 rings (SSSR count). The van der Waals surface area contributed by atoms with E-state index in [4.69, 9.17) is 0 Å². The van der Waals surface area contributed by atoms with E-state index in [0.29, 0.717) is 0 Å². The van der Waals surface area contributed by atoms with Gasteiger partial charge in [0, 0.05) is 6.04 Å². The largest absolute Gasteiger partial charge is 0.313 e. The number of hydrogen-bond donors (Lipinski definition) is 1. The molecule has 1 nitrogen and oxygen atoms in total. The lowest BCUT2D eigenvalue weighted by atomic mass is 9.70. The van der Waals surface area contributed by atoms with Crippen LogP contribution in [0.4, 0.5) is 0 Å². The van der Waals surface area contributed by atoms with E-state index in [2.05, 4.69) is 18.7 Å². The van der Waals surface area contributed by atoms with Crippen LogP contribution in [0.25, 0.3) is 0 Å². The summed E-state index contributed by atoms with van der Waals surface area (Å²) in [7, 11) is 0. The molecule has 0 aromatic carbocycles. The molecular formula is C8H14N. The van der Waals surface area contributed by atoms with Gasteiger partial charge in [-0.2, -0.15) is 0 Å².